The molecule has 0 unspecified atom stereocenters. The second kappa shape index (κ2) is 43.7. The smallest absolute Gasteiger partial charge is 0.247 e. The molecule has 0 aliphatic heterocycles. The summed E-state index contributed by atoms with van der Waals surface area (Å²) in [5.41, 5.74) is -7.14. The van der Waals surface area contributed by atoms with Crippen LogP contribution < -0.4 is 85.3 Å². The highest BCUT2D eigenvalue weighted by atomic mass is 16.2. The number of hydrogen-bond donors (Lipinski definition) is 0. The molecule has 99 heavy (non-hydrogen) atoms. The average molecular weight is 1380 g/mol. The second-order valence-electron chi connectivity index (χ2n) is 22.2. The Hall–Kier alpha value is -11.3. The lowest BCUT2D eigenvalue weighted by Crippen LogP contribution is -2.54. The first-order valence-electron chi connectivity index (χ1n) is 31.7. The maximum atomic E-state index is 12.3. The molecule has 5 aromatic rings. The van der Waals surface area contributed by atoms with Crippen LogP contribution in [-0.2, 0) is 98.2 Å². The molecule has 0 saturated heterocycles. The SMILES string of the molecule is C=C(C)Cn1c(=O)n(CC(=C)C)c(=O)n(CC(=C)C)c1=O.C=CCCn1c(=O)n(CCC=C)c(=O)n(CCC=C)c1=O.C=CCCn1c(=O)n(CCC=C)c(=O)n(CCCC)c1=O.C=CCn1c(=O)n(CC=C)c(=O)n(CC=C)c1=O.C=CCn1c(=O)n(CC=C)c(=O)n(CCC)c1=O. The number of aromatic nitrogens is 15. The molecule has 0 radical (unpaired) electrons. The van der Waals surface area contributed by atoms with Crippen LogP contribution in [0.15, 0.2) is 235 Å². The second-order valence-corrected chi connectivity index (χ2v) is 22.2. The lowest BCUT2D eigenvalue weighted by Gasteiger charge is -2.14. The molecule has 0 aliphatic carbocycles. The summed E-state index contributed by atoms with van der Waals surface area (Å²) in [7, 11) is 0. The maximum absolute atomic E-state index is 12.3. The van der Waals surface area contributed by atoms with Crippen molar-refractivity contribution in [1.82, 2.24) is 68.5 Å². The van der Waals surface area contributed by atoms with Crippen molar-refractivity contribution in [2.45, 2.75) is 184 Å². The predicted molar refractivity (Wildman–Crippen MR) is 391 cm³/mol. The third kappa shape index (κ3) is 23.5. The van der Waals surface area contributed by atoms with Gasteiger partial charge in [-0.2, -0.15) is 0 Å². The van der Waals surface area contributed by atoms with E-state index in [0.29, 0.717) is 61.8 Å². The first kappa shape index (κ1) is 85.7. The summed E-state index contributed by atoms with van der Waals surface area (Å²) in [6.07, 6.45) is 20.0. The van der Waals surface area contributed by atoms with Gasteiger partial charge in [-0.3, -0.25) is 0 Å². The molecule has 0 spiro atoms. The molecule has 0 N–H and O–H groups in total. The monoisotopic (exact) mass is 1380 g/mol. The van der Waals surface area contributed by atoms with E-state index in [-0.39, 0.29) is 91.6 Å². The van der Waals surface area contributed by atoms with Crippen LogP contribution in [0.3, 0.4) is 0 Å². The van der Waals surface area contributed by atoms with Crippen molar-refractivity contribution >= 4 is 0 Å². The number of nitrogens with zero attached hydrogens (tertiary/aromatic N) is 15. The van der Waals surface area contributed by atoms with Crippen LogP contribution in [0.4, 0.5) is 0 Å². The summed E-state index contributed by atoms with van der Waals surface area (Å²) in [5.74, 6) is 0. The Morgan fingerprint density at radius 1 is 0.232 bits per heavy atom. The molecule has 538 valence electrons. The third-order valence-electron chi connectivity index (χ3n) is 13.7. The van der Waals surface area contributed by atoms with Crippen molar-refractivity contribution in [3.63, 3.8) is 0 Å². The van der Waals surface area contributed by atoms with Crippen molar-refractivity contribution < 1.29 is 0 Å². The normalized spacial score (nSPS) is 10.3. The van der Waals surface area contributed by atoms with Gasteiger partial charge in [-0.15, -0.1) is 65.8 Å². The fourth-order valence-corrected chi connectivity index (χ4v) is 9.04. The Kier molecular flexibility index (Phi) is 37.8. The Balaban J connectivity index is 0.000000620. The Morgan fingerprint density at radius 2 is 0.394 bits per heavy atom. The molecule has 30 nitrogen and oxygen atoms in total. The van der Waals surface area contributed by atoms with Crippen LogP contribution in [0.5, 0.6) is 0 Å². The summed E-state index contributed by atoms with van der Waals surface area (Å²) >= 11 is 0. The standard InChI is InChI=1S/C15H21N3O3.C15H23N3O3.C15H21N3O3.C12H17N3O3.C12H15N3O3/c1-10(2)7-16-13(19)17(8-11(3)4)15(21)18(14(16)20)9-12(5)6;2*1-4-7-10-16-13(19)17(11-8-5-2)15(21)18(14(16)20)12-9-6-3;2*1-4-7-13-10(16)14(8-5-2)12(18)15(9-6-3)11(13)17/h1,3,5,7-9H2,2,4,6H3;4-5H,1-2,6-12H2,3H3;4-6H,1-3,7-12H2;4-5H,1-2,6-9H2,3H3;4-6H,1-3,7-9H2. The molecule has 0 bridgehead atoms. The fraction of sp³-hybridized carbons (Fsp3) is 0.406. The lowest BCUT2D eigenvalue weighted by atomic mass is 10.3. The van der Waals surface area contributed by atoms with Crippen LogP contribution in [0, 0.1) is 0 Å². The van der Waals surface area contributed by atoms with Gasteiger partial charge >= 0.3 is 85.3 Å². The maximum Gasteiger partial charge on any atom is 0.336 e. The van der Waals surface area contributed by atoms with E-state index in [4.69, 9.17) is 0 Å². The molecule has 0 atom stereocenters. The minimum absolute atomic E-state index is 0.0478. The van der Waals surface area contributed by atoms with E-state index in [1.807, 2.05) is 13.8 Å². The van der Waals surface area contributed by atoms with Gasteiger partial charge in [0.1, 0.15) is 0 Å². The molecule has 0 saturated carbocycles. The van der Waals surface area contributed by atoms with Gasteiger partial charge in [0.2, 0.25) is 0 Å². The van der Waals surface area contributed by atoms with E-state index in [1.165, 1.54) is 30.4 Å². The van der Waals surface area contributed by atoms with E-state index in [1.54, 1.807) is 51.2 Å². The van der Waals surface area contributed by atoms with Gasteiger partial charge in [-0.05, 0) is 65.7 Å². The van der Waals surface area contributed by atoms with Crippen molar-refractivity contribution in [3.05, 3.63) is 320 Å². The fourth-order valence-electron chi connectivity index (χ4n) is 9.04. The predicted octanol–water partition coefficient (Wildman–Crippen LogP) is 2.61. The Bertz CT molecular complexity index is 4310. The van der Waals surface area contributed by atoms with Gasteiger partial charge in [-0.1, -0.05) is 117 Å². The summed E-state index contributed by atoms with van der Waals surface area (Å²) in [6, 6.07) is 0. The van der Waals surface area contributed by atoms with Crippen LogP contribution in [-0.4, -0.2) is 68.5 Å². The summed E-state index contributed by atoms with van der Waals surface area (Å²) in [6.45, 7) is 57.7. The number of allylic oxidation sites excluding steroid dienone is 13. The zero-order chi connectivity index (χ0) is 75.4. The summed E-state index contributed by atoms with van der Waals surface area (Å²) in [5, 5.41) is 0. The van der Waals surface area contributed by atoms with E-state index >= 15 is 0 Å². The van der Waals surface area contributed by atoms with Crippen molar-refractivity contribution in [1.29, 1.82) is 0 Å². The molecule has 0 aliphatic rings. The zero-order valence-electron chi connectivity index (χ0n) is 58.1. The van der Waals surface area contributed by atoms with E-state index in [9.17, 15) is 71.9 Å². The highest BCUT2D eigenvalue weighted by Crippen LogP contribution is 1.96. The van der Waals surface area contributed by atoms with Gasteiger partial charge in [-0.25, -0.2) is 140 Å². The van der Waals surface area contributed by atoms with Crippen LogP contribution >= 0.6 is 0 Å². The van der Waals surface area contributed by atoms with E-state index in [0.717, 1.165) is 81.3 Å². The Labute approximate surface area is 570 Å². The molecule has 5 heterocycles. The highest BCUT2D eigenvalue weighted by Gasteiger charge is 2.19. The third-order valence-corrected chi connectivity index (χ3v) is 13.7. The van der Waals surface area contributed by atoms with Crippen molar-refractivity contribution in [2.75, 3.05) is 0 Å². The molecule has 30 heteroatoms. The van der Waals surface area contributed by atoms with Gasteiger partial charge in [0, 0.05) is 45.8 Å². The van der Waals surface area contributed by atoms with Crippen molar-refractivity contribution in [2.24, 2.45) is 0 Å². The molecule has 0 aromatic carbocycles. The van der Waals surface area contributed by atoms with Crippen LogP contribution in [0.2, 0.25) is 0 Å². The lowest BCUT2D eigenvalue weighted by molar-refractivity contribution is 0.440. The van der Waals surface area contributed by atoms with Gasteiger partial charge in [0.05, 0.1) is 52.4 Å². The van der Waals surface area contributed by atoms with Gasteiger partial charge in [0.25, 0.3) is 0 Å². The average Bonchev–Trinajstić information content (AvgIpc) is 0.818. The quantitative estimate of drug-likeness (QED) is 0.0521. The molecular formula is C69H97N15O15. The van der Waals surface area contributed by atoms with Crippen LogP contribution in [0.25, 0.3) is 0 Å². The summed E-state index contributed by atoms with van der Waals surface area (Å²) < 4.78 is 15.5. The number of hydrogen-bond acceptors (Lipinski definition) is 15. The minimum atomic E-state index is -0.662. The van der Waals surface area contributed by atoms with E-state index < -0.39 is 85.3 Å². The molecule has 5 rings (SSSR count). The Morgan fingerprint density at radius 3 is 0.556 bits per heavy atom. The van der Waals surface area contributed by atoms with Crippen LogP contribution in [0.1, 0.15) is 86.0 Å². The molecular weight excluding hydrogens is 1280 g/mol. The first-order valence-corrected chi connectivity index (χ1v) is 31.7. The van der Waals surface area contributed by atoms with Gasteiger partial charge < -0.3 is 0 Å². The largest absolute Gasteiger partial charge is 0.336 e. The molecule has 0 fully saturated rings. The highest BCUT2D eigenvalue weighted by molar-refractivity contribution is 4.98. The minimum Gasteiger partial charge on any atom is -0.247 e. The first-order chi connectivity index (χ1) is 47.0. The number of rotatable bonds is 36. The van der Waals surface area contributed by atoms with E-state index in [2.05, 4.69) is 85.5 Å². The van der Waals surface area contributed by atoms with Crippen molar-refractivity contribution in [3.8, 4) is 0 Å². The summed E-state index contributed by atoms with van der Waals surface area (Å²) in [4.78, 5) is 182. The topological polar surface area (TPSA) is 330 Å². The molecule has 5 aromatic heterocycles. The molecule has 0 amide bonds. The zero-order valence-corrected chi connectivity index (χ0v) is 58.1. The van der Waals surface area contributed by atoms with Gasteiger partial charge in [0.15, 0.2) is 0 Å². The number of unbranched alkanes of at least 4 members (excludes halogenated alkanes) is 1.